The van der Waals surface area contributed by atoms with Crippen molar-refractivity contribution in [1.29, 1.82) is 0 Å². The number of imidazole rings is 1. The Hall–Kier alpha value is -3.06. The van der Waals surface area contributed by atoms with Crippen LogP contribution in [0.1, 0.15) is 0 Å². The minimum absolute atomic E-state index is 0.0410. The molecule has 0 aliphatic carbocycles. The lowest BCUT2D eigenvalue weighted by Crippen LogP contribution is -1.93. The molecule has 0 amide bonds. The van der Waals surface area contributed by atoms with Gasteiger partial charge in [-0.2, -0.15) is 0 Å². The molecule has 112 valence electrons. The normalized spacial score (nSPS) is 11.0. The summed E-state index contributed by atoms with van der Waals surface area (Å²) in [4.78, 5) is 19.0. The molecule has 0 fully saturated rings. The van der Waals surface area contributed by atoms with Crippen LogP contribution in [0.4, 0.5) is 5.69 Å². The summed E-state index contributed by atoms with van der Waals surface area (Å²) in [6, 6.07) is 12.7. The third kappa shape index (κ3) is 2.36. The number of nitro groups is 1. The van der Waals surface area contributed by atoms with Crippen molar-refractivity contribution in [2.24, 2.45) is 0 Å². The predicted molar refractivity (Wildman–Crippen MR) is 88.8 cm³/mol. The zero-order valence-corrected chi connectivity index (χ0v) is 12.6. The molecule has 0 unspecified atom stereocenters. The van der Waals surface area contributed by atoms with E-state index in [-0.39, 0.29) is 5.69 Å². The zero-order chi connectivity index (χ0) is 15.8. The largest absolute Gasteiger partial charge is 0.299 e. The van der Waals surface area contributed by atoms with Gasteiger partial charge in [-0.25, -0.2) is 9.97 Å². The van der Waals surface area contributed by atoms with Gasteiger partial charge in [0.25, 0.3) is 5.69 Å². The van der Waals surface area contributed by atoms with Crippen LogP contribution in [-0.2, 0) is 0 Å². The molecule has 0 spiro atoms. The van der Waals surface area contributed by atoms with Crippen LogP contribution in [0.25, 0.3) is 27.3 Å². The minimum Gasteiger partial charge on any atom is -0.299 e. The van der Waals surface area contributed by atoms with Crippen LogP contribution in [0.3, 0.4) is 0 Å². The molecule has 0 saturated carbocycles. The van der Waals surface area contributed by atoms with Crippen molar-refractivity contribution in [1.82, 2.24) is 14.5 Å². The second-order valence-corrected chi connectivity index (χ2v) is 5.83. The maximum absolute atomic E-state index is 10.9. The third-order valence-electron chi connectivity index (χ3n) is 3.55. The highest BCUT2D eigenvalue weighted by atomic mass is 32.1. The van der Waals surface area contributed by atoms with Gasteiger partial charge >= 0.3 is 0 Å². The van der Waals surface area contributed by atoms with Gasteiger partial charge in [-0.3, -0.25) is 14.7 Å². The number of fused-ring (bicyclic) bond motifs is 1. The molecule has 0 aliphatic heterocycles. The fourth-order valence-electron chi connectivity index (χ4n) is 2.48. The molecule has 2 aromatic carbocycles. The molecule has 4 aromatic rings. The highest BCUT2D eigenvalue weighted by molar-refractivity contribution is 7.13. The third-order valence-corrected chi connectivity index (χ3v) is 4.37. The first kappa shape index (κ1) is 13.6. The molecule has 2 heterocycles. The predicted octanol–water partition coefficient (Wildman–Crippen LogP) is 4.06. The lowest BCUT2D eigenvalue weighted by atomic mass is 10.2. The van der Waals surface area contributed by atoms with Crippen LogP contribution < -0.4 is 0 Å². The maximum atomic E-state index is 10.9. The standard InChI is InChI=1S/C16H10N4O2S/c21-20(22)13-4-5-15-14(9-13)18-10-19(15)12-3-1-2-11(8-12)16-17-6-7-23-16/h1-10H. The minimum atomic E-state index is -0.415. The van der Waals surface area contributed by atoms with E-state index in [1.165, 1.54) is 12.1 Å². The number of non-ortho nitro benzene ring substituents is 1. The van der Waals surface area contributed by atoms with Crippen molar-refractivity contribution < 1.29 is 4.92 Å². The van der Waals surface area contributed by atoms with Crippen molar-refractivity contribution in [3.05, 3.63) is 70.5 Å². The summed E-state index contributed by atoms with van der Waals surface area (Å²) in [5.41, 5.74) is 3.43. The average Bonchev–Trinajstić information content (AvgIpc) is 3.24. The van der Waals surface area contributed by atoms with Crippen LogP contribution in [0, 0.1) is 10.1 Å². The first-order valence-electron chi connectivity index (χ1n) is 6.84. The van der Waals surface area contributed by atoms with Gasteiger partial charge in [0, 0.05) is 35.0 Å². The smallest absolute Gasteiger partial charge is 0.271 e. The van der Waals surface area contributed by atoms with E-state index in [0.717, 1.165) is 21.8 Å². The van der Waals surface area contributed by atoms with Gasteiger partial charge in [0.2, 0.25) is 0 Å². The fourth-order valence-corrected chi connectivity index (χ4v) is 3.11. The van der Waals surface area contributed by atoms with Crippen molar-refractivity contribution in [3.63, 3.8) is 0 Å². The van der Waals surface area contributed by atoms with Gasteiger partial charge in [0.15, 0.2) is 0 Å². The highest BCUT2D eigenvalue weighted by Gasteiger charge is 2.11. The van der Waals surface area contributed by atoms with Crippen molar-refractivity contribution in [2.45, 2.75) is 0 Å². The summed E-state index contributed by atoms with van der Waals surface area (Å²) in [6.45, 7) is 0. The van der Waals surface area contributed by atoms with E-state index in [1.54, 1.807) is 29.9 Å². The lowest BCUT2D eigenvalue weighted by Gasteiger charge is -2.06. The Balaban J connectivity index is 1.83. The number of nitrogens with zero attached hydrogens (tertiary/aromatic N) is 4. The number of rotatable bonds is 3. The van der Waals surface area contributed by atoms with E-state index in [0.29, 0.717) is 5.52 Å². The van der Waals surface area contributed by atoms with E-state index >= 15 is 0 Å². The molecular formula is C16H10N4O2S. The van der Waals surface area contributed by atoms with Crippen molar-refractivity contribution in [2.75, 3.05) is 0 Å². The van der Waals surface area contributed by atoms with Gasteiger partial charge in [0.05, 0.1) is 16.0 Å². The Kier molecular flexibility index (Phi) is 3.13. The topological polar surface area (TPSA) is 73.8 Å². The van der Waals surface area contributed by atoms with E-state index in [2.05, 4.69) is 9.97 Å². The molecule has 23 heavy (non-hydrogen) atoms. The van der Waals surface area contributed by atoms with Gasteiger partial charge in [-0.05, 0) is 18.2 Å². The van der Waals surface area contributed by atoms with E-state index in [9.17, 15) is 10.1 Å². The van der Waals surface area contributed by atoms with Crippen molar-refractivity contribution in [3.8, 4) is 16.3 Å². The molecule has 6 nitrogen and oxygen atoms in total. The molecular weight excluding hydrogens is 312 g/mol. The fraction of sp³-hybridized carbons (Fsp3) is 0. The number of benzene rings is 2. The molecule has 0 bridgehead atoms. The summed E-state index contributed by atoms with van der Waals surface area (Å²) in [5, 5.41) is 13.8. The molecule has 4 rings (SSSR count). The second kappa shape index (κ2) is 5.29. The quantitative estimate of drug-likeness (QED) is 0.421. The number of aromatic nitrogens is 3. The summed E-state index contributed by atoms with van der Waals surface area (Å²) < 4.78 is 1.91. The number of hydrogen-bond acceptors (Lipinski definition) is 5. The molecule has 0 saturated heterocycles. The average molecular weight is 322 g/mol. The molecule has 0 aliphatic rings. The SMILES string of the molecule is O=[N+]([O-])c1ccc2c(c1)ncn2-c1cccc(-c2nccs2)c1. The van der Waals surface area contributed by atoms with Gasteiger partial charge in [-0.1, -0.05) is 12.1 Å². The summed E-state index contributed by atoms with van der Waals surface area (Å²) in [7, 11) is 0. The molecule has 0 N–H and O–H groups in total. The Labute approximate surface area is 134 Å². The van der Waals surface area contributed by atoms with Crippen LogP contribution in [-0.4, -0.2) is 19.5 Å². The van der Waals surface area contributed by atoms with Crippen LogP contribution in [0.15, 0.2) is 60.4 Å². The van der Waals surface area contributed by atoms with Crippen LogP contribution in [0.2, 0.25) is 0 Å². The van der Waals surface area contributed by atoms with Crippen LogP contribution in [0.5, 0.6) is 0 Å². The first-order chi connectivity index (χ1) is 11.2. The number of hydrogen-bond donors (Lipinski definition) is 0. The summed E-state index contributed by atoms with van der Waals surface area (Å²) in [6.07, 6.45) is 3.45. The Morgan fingerprint density at radius 3 is 2.83 bits per heavy atom. The first-order valence-corrected chi connectivity index (χ1v) is 7.72. The van der Waals surface area contributed by atoms with Crippen LogP contribution >= 0.6 is 11.3 Å². The Morgan fingerprint density at radius 2 is 2.04 bits per heavy atom. The van der Waals surface area contributed by atoms with E-state index in [4.69, 9.17) is 0 Å². The summed E-state index contributed by atoms with van der Waals surface area (Å²) in [5.74, 6) is 0. The zero-order valence-electron chi connectivity index (χ0n) is 11.8. The Morgan fingerprint density at radius 1 is 1.13 bits per heavy atom. The molecule has 0 radical (unpaired) electrons. The molecule has 0 atom stereocenters. The second-order valence-electron chi connectivity index (χ2n) is 4.93. The molecule has 2 aromatic heterocycles. The van der Waals surface area contributed by atoms with Crippen molar-refractivity contribution >= 4 is 28.1 Å². The van der Waals surface area contributed by atoms with E-state index < -0.39 is 4.92 Å². The monoisotopic (exact) mass is 322 g/mol. The highest BCUT2D eigenvalue weighted by Crippen LogP contribution is 2.27. The van der Waals surface area contributed by atoms with Gasteiger partial charge < -0.3 is 0 Å². The summed E-state index contributed by atoms with van der Waals surface area (Å²) >= 11 is 1.58. The Bertz CT molecular complexity index is 1010. The van der Waals surface area contributed by atoms with E-state index in [1.807, 2.05) is 34.2 Å². The maximum Gasteiger partial charge on any atom is 0.271 e. The van der Waals surface area contributed by atoms with Gasteiger partial charge in [0.1, 0.15) is 11.3 Å². The molecule has 7 heteroatoms. The van der Waals surface area contributed by atoms with Gasteiger partial charge in [-0.15, -0.1) is 11.3 Å². The number of thiazole rings is 1. The number of nitro benzene ring substituents is 1. The lowest BCUT2D eigenvalue weighted by molar-refractivity contribution is -0.384.